The number of hydrogen-bond donors (Lipinski definition) is 1. The molecule has 0 aliphatic rings. The van der Waals surface area contributed by atoms with Gasteiger partial charge in [-0.3, -0.25) is 0 Å². The van der Waals surface area contributed by atoms with Crippen molar-refractivity contribution >= 4 is 22.5 Å². The highest BCUT2D eigenvalue weighted by molar-refractivity contribution is 6.31. The molecular weight excluding hydrogens is 248 g/mol. The van der Waals surface area contributed by atoms with E-state index >= 15 is 0 Å². The highest BCUT2D eigenvalue weighted by atomic mass is 35.5. The molecule has 0 saturated heterocycles. The van der Waals surface area contributed by atoms with Gasteiger partial charge in [-0.05, 0) is 27.9 Å². The van der Waals surface area contributed by atoms with Gasteiger partial charge in [0.2, 0.25) is 0 Å². The normalized spacial score (nSPS) is 10.7. The van der Waals surface area contributed by atoms with Crippen molar-refractivity contribution in [2.75, 3.05) is 0 Å². The van der Waals surface area contributed by atoms with Crippen molar-refractivity contribution in [2.24, 2.45) is 0 Å². The van der Waals surface area contributed by atoms with Crippen molar-refractivity contribution in [3.63, 3.8) is 0 Å². The van der Waals surface area contributed by atoms with Crippen LogP contribution in [0.15, 0.2) is 54.9 Å². The van der Waals surface area contributed by atoms with E-state index in [4.69, 9.17) is 11.6 Å². The van der Waals surface area contributed by atoms with Crippen LogP contribution >= 0.6 is 11.6 Å². The van der Waals surface area contributed by atoms with Crippen LogP contribution in [0.4, 0.5) is 0 Å². The lowest BCUT2D eigenvalue weighted by Crippen LogP contribution is -2.33. The van der Waals surface area contributed by atoms with Crippen molar-refractivity contribution in [3.05, 3.63) is 59.9 Å². The van der Waals surface area contributed by atoms with E-state index in [2.05, 4.69) is 4.98 Å². The van der Waals surface area contributed by atoms with Crippen LogP contribution in [-0.2, 0) is 0 Å². The molecule has 3 rings (SSSR count). The van der Waals surface area contributed by atoms with Crippen LogP contribution in [0.25, 0.3) is 22.2 Å². The third-order valence-corrected chi connectivity index (χ3v) is 3.03. The maximum absolute atomic E-state index is 9.96. The molecule has 0 aliphatic carbocycles. The highest BCUT2D eigenvalue weighted by Gasteiger charge is 2.16. The summed E-state index contributed by atoms with van der Waals surface area (Å²) in [6, 6.07) is 15.1. The lowest BCUT2D eigenvalue weighted by atomic mass is 10.1. The first-order chi connectivity index (χ1) is 8.75. The van der Waals surface area contributed by atoms with Gasteiger partial charge in [0.15, 0.2) is 11.2 Å². The molecule has 0 aliphatic heterocycles. The summed E-state index contributed by atoms with van der Waals surface area (Å²) < 4.78 is 1.02. The van der Waals surface area contributed by atoms with Gasteiger partial charge >= 0.3 is 6.33 Å². The average molecular weight is 258 g/mol. The smallest absolute Gasteiger partial charge is 0.326 e. The molecule has 4 heteroatoms. The molecule has 3 aromatic rings. The van der Waals surface area contributed by atoms with Gasteiger partial charge in [-0.1, -0.05) is 41.9 Å². The molecule has 0 saturated carbocycles. The lowest BCUT2D eigenvalue weighted by molar-refractivity contribution is -0.897. The molecule has 0 unspecified atom stereocenters. The topological polar surface area (TPSA) is 37.0 Å². The summed E-state index contributed by atoms with van der Waals surface area (Å²) in [4.78, 5) is 4.16. The fraction of sp³-hybridized carbons (Fsp3) is 0. The van der Waals surface area contributed by atoms with Gasteiger partial charge in [-0.15, -0.1) is 0 Å². The first kappa shape index (κ1) is 11.0. The van der Waals surface area contributed by atoms with Crippen molar-refractivity contribution in [1.29, 1.82) is 0 Å². The molecule has 0 spiro atoms. The SMILES string of the molecule is O[n+]1cnc2ccc(Cl)cc2c1-c1ccccc1. The number of benzene rings is 2. The van der Waals surface area contributed by atoms with Gasteiger partial charge in [0.1, 0.15) is 0 Å². The van der Waals surface area contributed by atoms with Crippen LogP contribution in [0.1, 0.15) is 0 Å². The number of rotatable bonds is 1. The second-order valence-corrected chi connectivity index (χ2v) is 4.40. The zero-order chi connectivity index (χ0) is 12.5. The van der Waals surface area contributed by atoms with E-state index in [0.29, 0.717) is 10.7 Å². The Balaban J connectivity index is 2.40. The Morgan fingerprint density at radius 1 is 1.06 bits per heavy atom. The average Bonchev–Trinajstić information content (AvgIpc) is 2.39. The van der Waals surface area contributed by atoms with Crippen LogP contribution < -0.4 is 4.73 Å². The molecule has 0 atom stereocenters. The minimum Gasteiger partial charge on any atom is -0.349 e. The summed E-state index contributed by atoms with van der Waals surface area (Å²) >= 11 is 6.01. The van der Waals surface area contributed by atoms with Crippen LogP contribution in [-0.4, -0.2) is 10.2 Å². The summed E-state index contributed by atoms with van der Waals surface area (Å²) in [5.41, 5.74) is 2.39. The number of halogens is 1. The van der Waals surface area contributed by atoms with Crippen LogP contribution in [0, 0.1) is 0 Å². The Hall–Kier alpha value is -2.13. The zero-order valence-corrected chi connectivity index (χ0v) is 10.2. The minimum atomic E-state index is 0.618. The Morgan fingerprint density at radius 3 is 2.61 bits per heavy atom. The predicted molar refractivity (Wildman–Crippen MR) is 69.6 cm³/mol. The number of fused-ring (bicyclic) bond motifs is 1. The largest absolute Gasteiger partial charge is 0.349 e. The number of nitrogens with zero attached hydrogens (tertiary/aromatic N) is 2. The van der Waals surface area contributed by atoms with Crippen LogP contribution in [0.3, 0.4) is 0 Å². The summed E-state index contributed by atoms with van der Waals surface area (Å²) in [6.45, 7) is 0. The van der Waals surface area contributed by atoms with E-state index < -0.39 is 0 Å². The Labute approximate surface area is 109 Å². The Bertz CT molecular complexity index is 708. The van der Waals surface area contributed by atoms with E-state index in [-0.39, 0.29) is 0 Å². The van der Waals surface area contributed by atoms with Crippen molar-refractivity contribution in [3.8, 4) is 11.3 Å². The van der Waals surface area contributed by atoms with Crippen molar-refractivity contribution in [1.82, 2.24) is 4.98 Å². The second-order valence-electron chi connectivity index (χ2n) is 3.97. The second kappa shape index (κ2) is 4.27. The van der Waals surface area contributed by atoms with Gasteiger partial charge in [0, 0.05) is 10.6 Å². The van der Waals surface area contributed by atoms with Gasteiger partial charge in [-0.25, -0.2) is 0 Å². The van der Waals surface area contributed by atoms with Gasteiger partial charge in [0.25, 0.3) is 0 Å². The molecule has 1 aromatic heterocycles. The first-order valence-electron chi connectivity index (χ1n) is 5.50. The molecule has 0 amide bonds. The monoisotopic (exact) mass is 257 g/mol. The third-order valence-electron chi connectivity index (χ3n) is 2.80. The molecule has 2 aromatic carbocycles. The van der Waals surface area contributed by atoms with Gasteiger partial charge in [-0.2, -0.15) is 0 Å². The first-order valence-corrected chi connectivity index (χ1v) is 5.88. The van der Waals surface area contributed by atoms with E-state index in [1.54, 1.807) is 12.1 Å². The minimum absolute atomic E-state index is 0.618. The number of hydrogen-bond acceptors (Lipinski definition) is 2. The molecular formula is C14H10ClN2O+. The summed E-state index contributed by atoms with van der Waals surface area (Å²) in [7, 11) is 0. The predicted octanol–water partition coefficient (Wildman–Crippen LogP) is 3.08. The maximum atomic E-state index is 9.96. The van der Waals surface area contributed by atoms with E-state index in [9.17, 15) is 5.21 Å². The van der Waals surface area contributed by atoms with Crippen molar-refractivity contribution in [2.45, 2.75) is 0 Å². The molecule has 3 nitrogen and oxygen atoms in total. The fourth-order valence-electron chi connectivity index (χ4n) is 1.99. The molecule has 0 radical (unpaired) electrons. The Kier molecular flexibility index (Phi) is 2.61. The molecule has 18 heavy (non-hydrogen) atoms. The zero-order valence-electron chi connectivity index (χ0n) is 9.42. The summed E-state index contributed by atoms with van der Waals surface area (Å²) in [5.74, 6) is 0. The van der Waals surface area contributed by atoms with E-state index in [1.165, 1.54) is 6.33 Å². The fourth-order valence-corrected chi connectivity index (χ4v) is 2.16. The molecule has 1 heterocycles. The molecule has 0 bridgehead atoms. The van der Waals surface area contributed by atoms with E-state index in [1.807, 2.05) is 36.4 Å². The Morgan fingerprint density at radius 2 is 1.83 bits per heavy atom. The molecule has 0 fully saturated rings. The van der Waals surface area contributed by atoms with Gasteiger partial charge in [0.05, 0.1) is 5.39 Å². The van der Waals surface area contributed by atoms with E-state index in [0.717, 1.165) is 21.2 Å². The highest BCUT2D eigenvalue weighted by Crippen LogP contribution is 2.26. The summed E-state index contributed by atoms with van der Waals surface area (Å²) in [6.07, 6.45) is 1.39. The number of aromatic nitrogens is 2. The van der Waals surface area contributed by atoms with Crippen LogP contribution in [0.5, 0.6) is 0 Å². The lowest BCUT2D eigenvalue weighted by Gasteiger charge is -2.03. The molecule has 1 N–H and O–H groups in total. The summed E-state index contributed by atoms with van der Waals surface area (Å²) in [5, 5.41) is 11.4. The standard InChI is InChI=1S/C14H10ClN2O/c15-11-6-7-13-12(8-11)14(17(18)9-16-13)10-4-2-1-3-5-10/h1-9,18H/q+1. The third kappa shape index (κ3) is 1.79. The molecule has 88 valence electrons. The van der Waals surface area contributed by atoms with Crippen LogP contribution in [0.2, 0.25) is 5.02 Å². The quantitative estimate of drug-likeness (QED) is 0.537. The van der Waals surface area contributed by atoms with Crippen molar-refractivity contribution < 1.29 is 9.94 Å². The van der Waals surface area contributed by atoms with Gasteiger partial charge < -0.3 is 5.21 Å². The maximum Gasteiger partial charge on any atom is 0.326 e.